The molecule has 102 valence electrons. The molecule has 4 nitrogen and oxygen atoms in total. The molecule has 4 heteroatoms. The van der Waals surface area contributed by atoms with E-state index in [0.717, 1.165) is 11.3 Å². The molecule has 1 aliphatic rings. The van der Waals surface area contributed by atoms with E-state index < -0.39 is 0 Å². The van der Waals surface area contributed by atoms with Crippen LogP contribution in [-0.4, -0.2) is 23.4 Å². The van der Waals surface area contributed by atoms with Gasteiger partial charge in [0, 0.05) is 18.5 Å². The van der Waals surface area contributed by atoms with E-state index in [1.54, 1.807) is 0 Å². The third-order valence-corrected chi connectivity index (χ3v) is 3.32. The van der Waals surface area contributed by atoms with Crippen LogP contribution in [0.2, 0.25) is 0 Å². The average molecular weight is 260 g/mol. The molecule has 19 heavy (non-hydrogen) atoms. The van der Waals surface area contributed by atoms with Gasteiger partial charge in [0.05, 0.1) is 6.67 Å². The number of likely N-dealkylation sites (tertiary alicyclic amines) is 1. The number of amides is 2. The van der Waals surface area contributed by atoms with Crippen molar-refractivity contribution in [2.45, 2.75) is 33.6 Å². The predicted octanol–water partition coefficient (Wildman–Crippen LogP) is 2.54. The summed E-state index contributed by atoms with van der Waals surface area (Å²) in [6, 6.07) is 7.87. The fraction of sp³-hybridized carbons (Fsp3) is 0.467. The van der Waals surface area contributed by atoms with Crippen LogP contribution < -0.4 is 5.32 Å². The molecule has 2 amide bonds. The van der Waals surface area contributed by atoms with Gasteiger partial charge in [-0.2, -0.15) is 0 Å². The number of hydrogen-bond donors (Lipinski definition) is 1. The summed E-state index contributed by atoms with van der Waals surface area (Å²) in [5.74, 6) is -0.192. The zero-order valence-corrected chi connectivity index (χ0v) is 11.7. The van der Waals surface area contributed by atoms with Gasteiger partial charge in [0.2, 0.25) is 11.8 Å². The van der Waals surface area contributed by atoms with Gasteiger partial charge >= 0.3 is 0 Å². The van der Waals surface area contributed by atoms with E-state index in [-0.39, 0.29) is 23.9 Å². The zero-order valence-electron chi connectivity index (χ0n) is 11.7. The summed E-state index contributed by atoms with van der Waals surface area (Å²) in [7, 11) is 0. The summed E-state index contributed by atoms with van der Waals surface area (Å²) in [6.45, 7) is 6.16. The van der Waals surface area contributed by atoms with Crippen LogP contribution in [0.15, 0.2) is 24.3 Å². The first-order chi connectivity index (χ1) is 8.87. The maximum Gasteiger partial charge on any atom is 0.231 e. The number of hydrogen-bond acceptors (Lipinski definition) is 3. The van der Waals surface area contributed by atoms with E-state index in [2.05, 4.69) is 5.32 Å². The van der Waals surface area contributed by atoms with E-state index >= 15 is 0 Å². The lowest BCUT2D eigenvalue weighted by molar-refractivity contribution is -0.151. The Morgan fingerprint density at radius 2 is 1.84 bits per heavy atom. The molecule has 1 saturated heterocycles. The molecule has 1 heterocycles. The maximum atomic E-state index is 12.0. The Kier molecular flexibility index (Phi) is 3.60. The number of rotatable bonds is 3. The SMILES string of the molecule is Cc1cccc(NCN2C(=O)CC(C)(C)CC2=O)c1. The Morgan fingerprint density at radius 3 is 2.42 bits per heavy atom. The highest BCUT2D eigenvalue weighted by Crippen LogP contribution is 2.31. The number of anilines is 1. The van der Waals surface area contributed by atoms with Crippen molar-refractivity contribution < 1.29 is 9.59 Å². The third kappa shape index (κ3) is 3.34. The van der Waals surface area contributed by atoms with Gasteiger partial charge in [-0.1, -0.05) is 26.0 Å². The van der Waals surface area contributed by atoms with Crippen molar-refractivity contribution in [2.75, 3.05) is 12.0 Å². The van der Waals surface area contributed by atoms with Crippen molar-refractivity contribution in [2.24, 2.45) is 5.41 Å². The number of nitrogens with one attached hydrogen (secondary N) is 1. The van der Waals surface area contributed by atoms with Gasteiger partial charge in [0.15, 0.2) is 0 Å². The summed E-state index contributed by atoms with van der Waals surface area (Å²) in [5.41, 5.74) is 1.85. The molecule has 0 aromatic heterocycles. The van der Waals surface area contributed by atoms with Gasteiger partial charge in [0.1, 0.15) is 0 Å². The van der Waals surface area contributed by atoms with Crippen LogP contribution in [0.25, 0.3) is 0 Å². The monoisotopic (exact) mass is 260 g/mol. The molecule has 1 aliphatic heterocycles. The van der Waals surface area contributed by atoms with Crippen LogP contribution in [0.3, 0.4) is 0 Å². The zero-order chi connectivity index (χ0) is 14.0. The normalized spacial score (nSPS) is 18.6. The number of benzene rings is 1. The smallest absolute Gasteiger partial charge is 0.231 e. The van der Waals surface area contributed by atoms with Crippen LogP contribution in [0.1, 0.15) is 32.3 Å². The van der Waals surface area contributed by atoms with Crippen molar-refractivity contribution in [3.8, 4) is 0 Å². The number of nitrogens with zero attached hydrogens (tertiary/aromatic N) is 1. The molecule has 0 atom stereocenters. The molecule has 1 aromatic rings. The third-order valence-electron chi connectivity index (χ3n) is 3.32. The van der Waals surface area contributed by atoms with E-state index in [1.165, 1.54) is 4.90 Å². The van der Waals surface area contributed by atoms with E-state index in [1.807, 2.05) is 45.0 Å². The number of imide groups is 1. The molecule has 0 radical (unpaired) electrons. The molecule has 0 aliphatic carbocycles. The van der Waals surface area contributed by atoms with Gasteiger partial charge < -0.3 is 5.32 Å². The minimum Gasteiger partial charge on any atom is -0.367 e. The molecular weight excluding hydrogens is 240 g/mol. The van der Waals surface area contributed by atoms with E-state index in [0.29, 0.717) is 12.8 Å². The summed E-state index contributed by atoms with van der Waals surface area (Å²) >= 11 is 0. The number of piperidine rings is 1. The van der Waals surface area contributed by atoms with E-state index in [9.17, 15) is 9.59 Å². The molecule has 1 N–H and O–H groups in total. The maximum absolute atomic E-state index is 12.0. The standard InChI is InChI=1S/C15H20N2O2/c1-11-5-4-6-12(7-11)16-10-17-13(18)8-15(2,3)9-14(17)19/h4-7,16H,8-10H2,1-3H3. The van der Waals surface area contributed by atoms with Gasteiger partial charge in [-0.3, -0.25) is 14.5 Å². The number of carbonyl (C=O) groups excluding carboxylic acids is 2. The quantitative estimate of drug-likeness (QED) is 0.850. The minimum atomic E-state index is -0.214. The van der Waals surface area contributed by atoms with Crippen LogP contribution >= 0.6 is 0 Å². The molecule has 0 spiro atoms. The fourth-order valence-corrected chi connectivity index (χ4v) is 2.31. The lowest BCUT2D eigenvalue weighted by Crippen LogP contribution is -2.48. The molecule has 1 aromatic carbocycles. The van der Waals surface area contributed by atoms with Crippen LogP contribution in [-0.2, 0) is 9.59 Å². The van der Waals surface area contributed by atoms with Crippen molar-refractivity contribution >= 4 is 17.5 Å². The Hall–Kier alpha value is -1.84. The first kappa shape index (κ1) is 13.6. The fourth-order valence-electron chi connectivity index (χ4n) is 2.31. The Morgan fingerprint density at radius 1 is 1.21 bits per heavy atom. The Balaban J connectivity index is 2.00. The highest BCUT2D eigenvalue weighted by Gasteiger charge is 2.37. The molecule has 0 unspecified atom stereocenters. The minimum absolute atomic E-state index is 0.0959. The van der Waals surface area contributed by atoms with Crippen molar-refractivity contribution in [3.63, 3.8) is 0 Å². The molecule has 2 rings (SSSR count). The summed E-state index contributed by atoms with van der Waals surface area (Å²) in [4.78, 5) is 25.3. The average Bonchev–Trinajstić information content (AvgIpc) is 2.26. The Labute approximate surface area is 113 Å². The lowest BCUT2D eigenvalue weighted by atomic mass is 9.82. The molecule has 0 saturated carbocycles. The van der Waals surface area contributed by atoms with Gasteiger partial charge in [-0.15, -0.1) is 0 Å². The van der Waals surface area contributed by atoms with Crippen molar-refractivity contribution in [1.82, 2.24) is 4.90 Å². The summed E-state index contributed by atoms with van der Waals surface area (Å²) < 4.78 is 0. The van der Waals surface area contributed by atoms with Gasteiger partial charge in [-0.25, -0.2) is 0 Å². The first-order valence-corrected chi connectivity index (χ1v) is 6.51. The highest BCUT2D eigenvalue weighted by molar-refractivity contribution is 5.98. The molecule has 1 fully saturated rings. The first-order valence-electron chi connectivity index (χ1n) is 6.51. The van der Waals surface area contributed by atoms with Crippen LogP contribution in [0, 0.1) is 12.3 Å². The number of aryl methyl sites for hydroxylation is 1. The van der Waals surface area contributed by atoms with Gasteiger partial charge in [0.25, 0.3) is 0 Å². The highest BCUT2D eigenvalue weighted by atomic mass is 16.2. The Bertz CT molecular complexity index is 489. The summed E-state index contributed by atoms with van der Waals surface area (Å²) in [6.07, 6.45) is 0.850. The largest absolute Gasteiger partial charge is 0.367 e. The molecular formula is C15H20N2O2. The van der Waals surface area contributed by atoms with E-state index in [4.69, 9.17) is 0 Å². The van der Waals surface area contributed by atoms with Crippen molar-refractivity contribution in [1.29, 1.82) is 0 Å². The van der Waals surface area contributed by atoms with Crippen LogP contribution in [0.4, 0.5) is 5.69 Å². The van der Waals surface area contributed by atoms with Crippen molar-refractivity contribution in [3.05, 3.63) is 29.8 Å². The second-order valence-corrected chi connectivity index (χ2v) is 5.94. The second kappa shape index (κ2) is 5.03. The topological polar surface area (TPSA) is 49.4 Å². The van der Waals surface area contributed by atoms with Gasteiger partial charge in [-0.05, 0) is 30.0 Å². The lowest BCUT2D eigenvalue weighted by Gasteiger charge is -2.34. The second-order valence-electron chi connectivity index (χ2n) is 5.94. The summed E-state index contributed by atoms with van der Waals surface area (Å²) in [5, 5.41) is 3.13. The van der Waals surface area contributed by atoms with Crippen LogP contribution in [0.5, 0.6) is 0 Å². The molecule has 0 bridgehead atoms. The number of carbonyl (C=O) groups is 2. The predicted molar refractivity (Wildman–Crippen MR) is 74.5 cm³/mol.